The first kappa shape index (κ1) is 15.7. The second-order valence-electron chi connectivity index (χ2n) is 6.71. The molecular formula is C18H24O3. The lowest BCUT2D eigenvalue weighted by Crippen LogP contribution is -2.43. The maximum atomic E-state index is 11.4. The molecule has 114 valence electrons. The number of ether oxygens (including phenoxy) is 1. The molecule has 3 unspecified atom stereocenters. The molecule has 3 heteroatoms. The van der Waals surface area contributed by atoms with E-state index in [0.29, 0.717) is 5.92 Å². The van der Waals surface area contributed by atoms with Crippen LogP contribution in [0.3, 0.4) is 0 Å². The van der Waals surface area contributed by atoms with E-state index in [4.69, 9.17) is 4.74 Å². The van der Waals surface area contributed by atoms with Crippen LogP contribution in [0, 0.1) is 11.8 Å². The van der Waals surface area contributed by atoms with Gasteiger partial charge in [-0.3, -0.25) is 4.79 Å². The van der Waals surface area contributed by atoms with Crippen LogP contribution in [-0.4, -0.2) is 18.4 Å². The van der Waals surface area contributed by atoms with Crippen molar-refractivity contribution in [3.05, 3.63) is 35.9 Å². The predicted molar refractivity (Wildman–Crippen MR) is 81.9 cm³/mol. The average Bonchev–Trinajstić information content (AvgIpc) is 2.48. The van der Waals surface area contributed by atoms with E-state index < -0.39 is 5.97 Å². The fourth-order valence-electron chi connectivity index (χ4n) is 3.54. The molecule has 0 radical (unpaired) electrons. The summed E-state index contributed by atoms with van der Waals surface area (Å²) in [4.78, 5) is 22.0. The summed E-state index contributed by atoms with van der Waals surface area (Å²) in [5.74, 6) is 0.0141. The lowest BCUT2D eigenvalue weighted by molar-refractivity contribution is -0.159. The third-order valence-corrected chi connectivity index (χ3v) is 4.86. The average molecular weight is 288 g/mol. The molecule has 0 bridgehead atoms. The van der Waals surface area contributed by atoms with E-state index in [2.05, 4.69) is 32.9 Å². The second-order valence-corrected chi connectivity index (χ2v) is 6.71. The summed E-state index contributed by atoms with van der Waals surface area (Å²) in [7, 11) is 0. The van der Waals surface area contributed by atoms with Gasteiger partial charge in [-0.2, -0.15) is 0 Å². The Labute approximate surface area is 126 Å². The normalized spacial score (nSPS) is 26.1. The lowest BCUT2D eigenvalue weighted by atomic mass is 9.64. The predicted octanol–water partition coefficient (Wildman–Crippen LogP) is 3.51. The highest BCUT2D eigenvalue weighted by atomic mass is 16.5. The molecule has 0 saturated heterocycles. The summed E-state index contributed by atoms with van der Waals surface area (Å²) < 4.78 is 5.42. The number of hydrogen-bond acceptors (Lipinski definition) is 3. The Morgan fingerprint density at radius 3 is 2.52 bits per heavy atom. The van der Waals surface area contributed by atoms with Crippen LogP contribution in [0.1, 0.15) is 45.6 Å². The van der Waals surface area contributed by atoms with Gasteiger partial charge in [0, 0.05) is 5.92 Å². The van der Waals surface area contributed by atoms with E-state index >= 15 is 0 Å². The van der Waals surface area contributed by atoms with Crippen molar-refractivity contribution in [2.45, 2.75) is 51.6 Å². The van der Waals surface area contributed by atoms with Crippen molar-refractivity contribution >= 4 is 12.3 Å². The van der Waals surface area contributed by atoms with Crippen molar-refractivity contribution in [2.75, 3.05) is 0 Å². The number of aldehydes is 1. The second kappa shape index (κ2) is 6.42. The minimum Gasteiger partial charge on any atom is -0.457 e. The van der Waals surface area contributed by atoms with E-state index in [0.717, 1.165) is 19.3 Å². The van der Waals surface area contributed by atoms with Crippen molar-refractivity contribution in [1.29, 1.82) is 0 Å². The summed E-state index contributed by atoms with van der Waals surface area (Å²) in [5, 5.41) is 0. The summed E-state index contributed by atoms with van der Waals surface area (Å²) >= 11 is 0. The summed E-state index contributed by atoms with van der Waals surface area (Å²) in [6.45, 7) is 6.57. The molecule has 0 N–H and O–H groups in total. The van der Waals surface area contributed by atoms with Crippen molar-refractivity contribution in [3.8, 4) is 0 Å². The first-order valence-electron chi connectivity index (χ1n) is 7.66. The van der Waals surface area contributed by atoms with Gasteiger partial charge in [-0.15, -0.1) is 0 Å². The fourth-order valence-corrected chi connectivity index (χ4v) is 3.54. The van der Waals surface area contributed by atoms with Gasteiger partial charge in [0.25, 0.3) is 0 Å². The molecule has 1 saturated carbocycles. The van der Waals surface area contributed by atoms with Crippen LogP contribution >= 0.6 is 0 Å². The molecule has 0 amide bonds. The zero-order valence-electron chi connectivity index (χ0n) is 13.0. The van der Waals surface area contributed by atoms with Gasteiger partial charge < -0.3 is 4.74 Å². The summed E-state index contributed by atoms with van der Waals surface area (Å²) in [5.41, 5.74) is 1.16. The third-order valence-electron chi connectivity index (χ3n) is 4.86. The van der Waals surface area contributed by atoms with Crippen LogP contribution in [0.5, 0.6) is 0 Å². The Hall–Kier alpha value is -1.64. The SMILES string of the molecule is CC1CCC(C(C)(C)c2ccccc2)C(OC(=O)C=O)C1. The van der Waals surface area contributed by atoms with E-state index in [-0.39, 0.29) is 23.7 Å². The zero-order chi connectivity index (χ0) is 15.5. The largest absolute Gasteiger partial charge is 0.457 e. The number of carbonyl (C=O) groups is 2. The molecule has 21 heavy (non-hydrogen) atoms. The number of esters is 1. The van der Waals surface area contributed by atoms with Crippen molar-refractivity contribution in [1.82, 2.24) is 0 Å². The molecule has 0 aromatic heterocycles. The zero-order valence-corrected chi connectivity index (χ0v) is 13.0. The van der Waals surface area contributed by atoms with E-state index in [1.165, 1.54) is 5.56 Å². The highest BCUT2D eigenvalue weighted by molar-refractivity contribution is 6.20. The van der Waals surface area contributed by atoms with Gasteiger partial charge in [-0.05, 0) is 29.7 Å². The first-order chi connectivity index (χ1) is 9.95. The van der Waals surface area contributed by atoms with Crippen LogP contribution in [-0.2, 0) is 19.7 Å². The number of benzene rings is 1. The van der Waals surface area contributed by atoms with Crippen LogP contribution in [0.25, 0.3) is 0 Å². The lowest BCUT2D eigenvalue weighted by Gasteiger charge is -2.43. The maximum absolute atomic E-state index is 11.4. The van der Waals surface area contributed by atoms with Gasteiger partial charge in [-0.1, -0.05) is 57.5 Å². The first-order valence-corrected chi connectivity index (χ1v) is 7.66. The van der Waals surface area contributed by atoms with Gasteiger partial charge in [0.05, 0.1) is 0 Å². The van der Waals surface area contributed by atoms with Gasteiger partial charge in [0.2, 0.25) is 6.29 Å². The molecule has 1 aromatic carbocycles. The molecule has 0 aliphatic heterocycles. The quantitative estimate of drug-likeness (QED) is 0.484. The molecular weight excluding hydrogens is 264 g/mol. The Morgan fingerprint density at radius 1 is 1.24 bits per heavy atom. The Kier molecular flexibility index (Phi) is 4.81. The monoisotopic (exact) mass is 288 g/mol. The molecule has 1 aliphatic rings. The minimum absolute atomic E-state index is 0.0881. The van der Waals surface area contributed by atoms with Gasteiger partial charge in [0.15, 0.2) is 0 Å². The van der Waals surface area contributed by atoms with Gasteiger partial charge >= 0.3 is 5.97 Å². The highest BCUT2D eigenvalue weighted by Crippen LogP contribution is 2.43. The Morgan fingerprint density at radius 2 is 1.90 bits per heavy atom. The van der Waals surface area contributed by atoms with E-state index in [1.807, 2.05) is 18.2 Å². The molecule has 1 aromatic rings. The van der Waals surface area contributed by atoms with Crippen LogP contribution in [0.4, 0.5) is 0 Å². The van der Waals surface area contributed by atoms with E-state index in [9.17, 15) is 9.59 Å². The summed E-state index contributed by atoms with van der Waals surface area (Å²) in [6, 6.07) is 10.3. The third kappa shape index (κ3) is 3.52. The fraction of sp³-hybridized carbons (Fsp3) is 0.556. The van der Waals surface area contributed by atoms with Gasteiger partial charge in [-0.25, -0.2) is 4.79 Å². The Bertz CT molecular complexity index is 492. The molecule has 3 nitrogen and oxygen atoms in total. The van der Waals surface area contributed by atoms with Gasteiger partial charge in [0.1, 0.15) is 6.10 Å². The van der Waals surface area contributed by atoms with Crippen molar-refractivity contribution in [3.63, 3.8) is 0 Å². The number of carbonyl (C=O) groups excluding carboxylic acids is 2. The minimum atomic E-state index is -0.747. The van der Waals surface area contributed by atoms with Crippen LogP contribution < -0.4 is 0 Å². The van der Waals surface area contributed by atoms with Crippen molar-refractivity contribution in [2.24, 2.45) is 11.8 Å². The number of rotatable bonds is 4. The molecule has 0 spiro atoms. The smallest absolute Gasteiger partial charge is 0.371 e. The molecule has 2 rings (SSSR count). The highest BCUT2D eigenvalue weighted by Gasteiger charge is 2.41. The number of hydrogen-bond donors (Lipinski definition) is 0. The molecule has 1 aliphatic carbocycles. The van der Waals surface area contributed by atoms with Crippen LogP contribution in [0.2, 0.25) is 0 Å². The standard InChI is InChI=1S/C18H24O3/c1-13-9-10-15(16(11-13)21-17(20)12-19)18(2,3)14-7-5-4-6-8-14/h4-8,12-13,15-16H,9-11H2,1-3H3. The molecule has 1 fully saturated rings. The van der Waals surface area contributed by atoms with Crippen LogP contribution in [0.15, 0.2) is 30.3 Å². The molecule has 0 heterocycles. The Balaban J connectivity index is 2.25. The van der Waals surface area contributed by atoms with E-state index in [1.54, 1.807) is 0 Å². The topological polar surface area (TPSA) is 43.4 Å². The maximum Gasteiger partial charge on any atom is 0.371 e. The summed E-state index contributed by atoms with van der Waals surface area (Å²) in [6.07, 6.45) is 3.07. The van der Waals surface area contributed by atoms with Crippen molar-refractivity contribution < 1.29 is 14.3 Å². The molecule has 3 atom stereocenters.